The highest BCUT2D eigenvalue weighted by Crippen LogP contribution is 2.24. The summed E-state index contributed by atoms with van der Waals surface area (Å²) in [4.78, 5) is 23.1. The number of amides is 1. The van der Waals surface area contributed by atoms with E-state index in [0.29, 0.717) is 16.3 Å². The van der Waals surface area contributed by atoms with Crippen LogP contribution in [0.5, 0.6) is 5.75 Å². The van der Waals surface area contributed by atoms with E-state index in [0.717, 1.165) is 4.72 Å². The number of hydrogen-bond acceptors (Lipinski definition) is 5. The lowest BCUT2D eigenvalue weighted by molar-refractivity contribution is -0.130. The average Bonchev–Trinajstić information content (AvgIpc) is 2.53. The van der Waals surface area contributed by atoms with Crippen molar-refractivity contribution in [1.29, 1.82) is 0 Å². The Balaban J connectivity index is 2.16. The average molecular weight is 401 g/mol. The molecule has 0 unspecified atom stereocenters. The minimum absolute atomic E-state index is 0.227. The van der Waals surface area contributed by atoms with E-state index in [2.05, 4.69) is 6.58 Å². The molecule has 2 rings (SSSR count). The molecule has 27 heavy (non-hydrogen) atoms. The van der Waals surface area contributed by atoms with Gasteiger partial charge in [0.25, 0.3) is 0 Å². The topological polar surface area (TPSA) is 89.5 Å². The highest BCUT2D eigenvalue weighted by molar-refractivity contribution is 7.90. The van der Waals surface area contributed by atoms with Crippen LogP contribution in [0.1, 0.15) is 12.5 Å². The number of fused-ring (bicyclic) bond motifs is 1. The molecule has 0 aliphatic carbocycles. The van der Waals surface area contributed by atoms with Gasteiger partial charge < -0.3 is 4.74 Å². The molecule has 0 atom stereocenters. The maximum absolute atomic E-state index is 12.3. The molecule has 1 N–H and O–H groups in total. The molecule has 0 heterocycles. The molecule has 0 aromatic heterocycles. The molecule has 6 nitrogen and oxygen atoms in total. The number of ether oxygens (including phenoxy) is 1. The summed E-state index contributed by atoms with van der Waals surface area (Å²) >= 11 is 0. The number of nitrogens with one attached hydrogen (secondary N) is 1. The summed E-state index contributed by atoms with van der Waals surface area (Å²) in [6.07, 6.45) is -0.558. The van der Waals surface area contributed by atoms with Crippen molar-refractivity contribution >= 4 is 32.7 Å². The zero-order valence-corrected chi connectivity index (χ0v) is 14.8. The minimum Gasteiger partial charge on any atom is -0.423 e. The van der Waals surface area contributed by atoms with Gasteiger partial charge in [0.05, 0.1) is 6.42 Å². The second kappa shape index (κ2) is 7.39. The molecular formula is C17H14F3NO5S. The lowest BCUT2D eigenvalue weighted by Crippen LogP contribution is -2.40. The fourth-order valence-electron chi connectivity index (χ4n) is 2.07. The van der Waals surface area contributed by atoms with E-state index in [9.17, 15) is 31.2 Å². The number of sulfonamides is 1. The molecule has 0 bridgehead atoms. The molecule has 0 fully saturated rings. The molecule has 0 spiro atoms. The van der Waals surface area contributed by atoms with Crippen LogP contribution in [0.15, 0.2) is 48.6 Å². The Bertz CT molecular complexity index is 1030. The summed E-state index contributed by atoms with van der Waals surface area (Å²) in [7, 11) is -5.74. The van der Waals surface area contributed by atoms with E-state index < -0.39 is 33.8 Å². The molecule has 0 radical (unpaired) electrons. The number of halogens is 3. The summed E-state index contributed by atoms with van der Waals surface area (Å²) in [5, 5.41) is 1.27. The van der Waals surface area contributed by atoms with Gasteiger partial charge in [0, 0.05) is 5.57 Å². The molecule has 2 aromatic rings. The molecule has 0 saturated heterocycles. The quantitative estimate of drug-likeness (QED) is 0.473. The molecule has 10 heteroatoms. The normalized spacial score (nSPS) is 11.9. The zero-order valence-electron chi connectivity index (χ0n) is 14.0. The van der Waals surface area contributed by atoms with Crippen molar-refractivity contribution < 1.29 is 35.9 Å². The maximum Gasteiger partial charge on any atom is 0.516 e. The lowest BCUT2D eigenvalue weighted by atomic mass is 10.0. The number of carbonyl (C=O) groups excluding carboxylic acids is 2. The van der Waals surface area contributed by atoms with Gasteiger partial charge in [-0.1, -0.05) is 30.8 Å². The fourth-order valence-corrected chi connectivity index (χ4v) is 2.56. The Morgan fingerprint density at radius 2 is 1.70 bits per heavy atom. The molecule has 144 valence electrons. The number of hydrogen-bond donors (Lipinski definition) is 1. The first-order chi connectivity index (χ1) is 12.4. The summed E-state index contributed by atoms with van der Waals surface area (Å²) < 4.78 is 64.8. The molecule has 2 aromatic carbocycles. The van der Waals surface area contributed by atoms with Crippen LogP contribution >= 0.6 is 0 Å². The van der Waals surface area contributed by atoms with Gasteiger partial charge in [0.15, 0.2) is 0 Å². The number of rotatable bonds is 5. The molecule has 1 amide bonds. The largest absolute Gasteiger partial charge is 0.516 e. The van der Waals surface area contributed by atoms with E-state index in [-0.39, 0.29) is 11.3 Å². The lowest BCUT2D eigenvalue weighted by Gasteiger charge is -2.10. The van der Waals surface area contributed by atoms with Crippen molar-refractivity contribution in [3.05, 3.63) is 54.1 Å². The zero-order chi connectivity index (χ0) is 20.4. The van der Waals surface area contributed by atoms with Crippen molar-refractivity contribution in [3.8, 4) is 5.75 Å². The third-order valence-corrected chi connectivity index (χ3v) is 4.46. The summed E-state index contributed by atoms with van der Waals surface area (Å²) in [5.74, 6) is -1.62. The van der Waals surface area contributed by atoms with E-state index in [1.165, 1.54) is 25.1 Å². The van der Waals surface area contributed by atoms with Crippen LogP contribution in [0.25, 0.3) is 10.8 Å². The maximum atomic E-state index is 12.3. The first-order valence-corrected chi connectivity index (χ1v) is 8.89. The second-order valence-corrected chi connectivity index (χ2v) is 7.34. The second-order valence-electron chi connectivity index (χ2n) is 5.66. The van der Waals surface area contributed by atoms with Crippen molar-refractivity contribution in [3.63, 3.8) is 0 Å². The van der Waals surface area contributed by atoms with Gasteiger partial charge in [0.1, 0.15) is 5.75 Å². The van der Waals surface area contributed by atoms with Gasteiger partial charge in [-0.3, -0.25) is 4.79 Å². The summed E-state index contributed by atoms with van der Waals surface area (Å²) in [6, 6.07) is 9.18. The van der Waals surface area contributed by atoms with Gasteiger partial charge in [-0.25, -0.2) is 9.52 Å². The SMILES string of the molecule is C=C(C)C(=O)Oc1ccc2cc(CC(=O)NS(=O)(=O)C(F)(F)F)ccc2c1. The van der Waals surface area contributed by atoms with Crippen molar-refractivity contribution in [1.82, 2.24) is 4.72 Å². The molecule has 0 aliphatic heterocycles. The Morgan fingerprint density at radius 1 is 1.11 bits per heavy atom. The van der Waals surface area contributed by atoms with Crippen LogP contribution in [-0.4, -0.2) is 25.8 Å². The van der Waals surface area contributed by atoms with Gasteiger partial charge in [-0.2, -0.15) is 21.6 Å². The van der Waals surface area contributed by atoms with Crippen molar-refractivity contribution in [2.75, 3.05) is 0 Å². The Kier molecular flexibility index (Phi) is 5.59. The molecular weight excluding hydrogens is 387 g/mol. The Morgan fingerprint density at radius 3 is 2.30 bits per heavy atom. The van der Waals surface area contributed by atoms with E-state index in [1.807, 2.05) is 0 Å². The third-order valence-electron chi connectivity index (χ3n) is 3.35. The Labute approximate surface area is 152 Å². The predicted octanol–water partition coefficient (Wildman–Crippen LogP) is 2.83. The smallest absolute Gasteiger partial charge is 0.423 e. The van der Waals surface area contributed by atoms with Crippen molar-refractivity contribution in [2.45, 2.75) is 18.9 Å². The first kappa shape index (κ1) is 20.4. The fraction of sp³-hybridized carbons (Fsp3) is 0.176. The van der Waals surface area contributed by atoms with Crippen LogP contribution in [0.4, 0.5) is 13.2 Å². The summed E-state index contributed by atoms with van der Waals surface area (Å²) in [5.41, 5.74) is -5.03. The van der Waals surface area contributed by atoms with Crippen molar-refractivity contribution in [2.24, 2.45) is 0 Å². The van der Waals surface area contributed by atoms with Gasteiger partial charge in [-0.05, 0) is 35.4 Å². The first-order valence-electron chi connectivity index (χ1n) is 7.41. The Hall–Kier alpha value is -2.88. The van der Waals surface area contributed by atoms with E-state index in [1.54, 1.807) is 18.2 Å². The standard InChI is InChI=1S/C17H14F3NO5S/c1-10(2)16(23)26-14-6-5-12-7-11(3-4-13(12)9-14)8-15(22)21-27(24,25)17(18,19)20/h3-7,9H,1,8H2,2H3,(H,21,22). The number of benzene rings is 2. The predicted molar refractivity (Wildman–Crippen MR) is 91.2 cm³/mol. The monoisotopic (exact) mass is 401 g/mol. The highest BCUT2D eigenvalue weighted by Gasteiger charge is 2.46. The van der Waals surface area contributed by atoms with Crippen LogP contribution in [0.3, 0.4) is 0 Å². The van der Waals surface area contributed by atoms with Crippen LogP contribution < -0.4 is 9.46 Å². The van der Waals surface area contributed by atoms with E-state index >= 15 is 0 Å². The third kappa shape index (κ3) is 5.07. The number of esters is 1. The molecule has 0 aliphatic rings. The van der Waals surface area contributed by atoms with Crippen LogP contribution in [0, 0.1) is 0 Å². The molecule has 0 saturated carbocycles. The van der Waals surface area contributed by atoms with Gasteiger partial charge >= 0.3 is 21.5 Å². The van der Waals surface area contributed by atoms with E-state index in [4.69, 9.17) is 4.74 Å². The number of carbonyl (C=O) groups is 2. The van der Waals surface area contributed by atoms with Gasteiger partial charge in [-0.15, -0.1) is 0 Å². The van der Waals surface area contributed by atoms with Crippen LogP contribution in [0.2, 0.25) is 0 Å². The van der Waals surface area contributed by atoms with Crippen LogP contribution in [-0.2, 0) is 26.0 Å². The minimum atomic E-state index is -5.74. The highest BCUT2D eigenvalue weighted by atomic mass is 32.2. The number of alkyl halides is 3. The van der Waals surface area contributed by atoms with Gasteiger partial charge in [0.2, 0.25) is 5.91 Å². The summed E-state index contributed by atoms with van der Waals surface area (Å²) in [6.45, 7) is 4.97.